The maximum atomic E-state index is 12.8. The van der Waals surface area contributed by atoms with Crippen LogP contribution in [0.1, 0.15) is 25.0 Å². The smallest absolute Gasteiger partial charge is 0.336 e. The van der Waals surface area contributed by atoms with E-state index in [9.17, 15) is 13.2 Å². The monoisotopic (exact) mass is 430 g/mol. The zero-order chi connectivity index (χ0) is 21.9. The highest BCUT2D eigenvalue weighted by molar-refractivity contribution is 7.89. The first-order chi connectivity index (χ1) is 14.3. The molecule has 0 fully saturated rings. The van der Waals surface area contributed by atoms with Crippen molar-refractivity contribution in [2.75, 3.05) is 25.5 Å². The standard InChI is InChI=1S/C22H26N2O5S/c1-5-24(6-2)30(26,27)18-9-7-15(3)20(13-18)23-14-16-11-22(25)29-21-12-17(28-4)8-10-19(16)21/h7-13,23H,5-6,14H2,1-4H3. The van der Waals surface area contributed by atoms with Gasteiger partial charge in [0, 0.05) is 42.8 Å². The lowest BCUT2D eigenvalue weighted by Gasteiger charge is -2.19. The Morgan fingerprint density at radius 1 is 1.07 bits per heavy atom. The average Bonchev–Trinajstić information content (AvgIpc) is 2.72. The van der Waals surface area contributed by atoms with Crippen LogP contribution in [0.2, 0.25) is 0 Å². The molecule has 0 atom stereocenters. The van der Waals surface area contributed by atoms with Crippen molar-refractivity contribution in [3.8, 4) is 5.75 Å². The average molecular weight is 431 g/mol. The molecule has 1 heterocycles. The fourth-order valence-electron chi connectivity index (χ4n) is 3.34. The molecule has 0 saturated heterocycles. The van der Waals surface area contributed by atoms with Crippen LogP contribution in [0.15, 0.2) is 56.6 Å². The summed E-state index contributed by atoms with van der Waals surface area (Å²) in [5.74, 6) is 0.598. The van der Waals surface area contributed by atoms with E-state index in [1.54, 1.807) is 37.4 Å². The van der Waals surface area contributed by atoms with Crippen LogP contribution in [0, 0.1) is 6.92 Å². The van der Waals surface area contributed by atoms with Crippen LogP contribution in [-0.2, 0) is 16.6 Å². The van der Waals surface area contributed by atoms with Gasteiger partial charge in [0.2, 0.25) is 10.0 Å². The van der Waals surface area contributed by atoms with Crippen molar-refractivity contribution in [2.24, 2.45) is 0 Å². The number of anilines is 1. The topological polar surface area (TPSA) is 88.9 Å². The van der Waals surface area contributed by atoms with Gasteiger partial charge in [-0.2, -0.15) is 4.31 Å². The maximum Gasteiger partial charge on any atom is 0.336 e. The number of rotatable bonds is 8. The van der Waals surface area contributed by atoms with Gasteiger partial charge in [-0.25, -0.2) is 13.2 Å². The molecule has 0 radical (unpaired) electrons. The highest BCUT2D eigenvalue weighted by atomic mass is 32.2. The number of nitrogens with zero attached hydrogens (tertiary/aromatic N) is 1. The van der Waals surface area contributed by atoms with Crippen LogP contribution >= 0.6 is 0 Å². The van der Waals surface area contributed by atoms with E-state index in [0.717, 1.165) is 16.5 Å². The largest absolute Gasteiger partial charge is 0.497 e. The number of aryl methyl sites for hydroxylation is 1. The molecule has 2 aromatic carbocycles. The van der Waals surface area contributed by atoms with Crippen LogP contribution in [0.5, 0.6) is 5.75 Å². The van der Waals surface area contributed by atoms with Crippen molar-refractivity contribution in [3.05, 3.63) is 64.0 Å². The fraction of sp³-hybridized carbons (Fsp3) is 0.318. The SMILES string of the molecule is CCN(CC)S(=O)(=O)c1ccc(C)c(NCc2cc(=O)oc3cc(OC)ccc23)c1. The van der Waals surface area contributed by atoms with Gasteiger partial charge >= 0.3 is 5.63 Å². The van der Waals surface area contributed by atoms with Gasteiger partial charge in [-0.3, -0.25) is 0 Å². The summed E-state index contributed by atoms with van der Waals surface area (Å²) in [7, 11) is -2.01. The van der Waals surface area contributed by atoms with Crippen molar-refractivity contribution in [1.29, 1.82) is 0 Å². The molecule has 30 heavy (non-hydrogen) atoms. The number of benzene rings is 2. The number of hydrogen-bond donors (Lipinski definition) is 1. The molecule has 1 aromatic heterocycles. The van der Waals surface area contributed by atoms with Gasteiger partial charge in [-0.1, -0.05) is 19.9 Å². The summed E-state index contributed by atoms with van der Waals surface area (Å²) in [5.41, 5.74) is 2.33. The van der Waals surface area contributed by atoms with E-state index in [1.165, 1.54) is 10.4 Å². The molecule has 0 amide bonds. The lowest BCUT2D eigenvalue weighted by molar-refractivity contribution is 0.414. The number of methoxy groups -OCH3 is 1. The molecule has 0 spiro atoms. The van der Waals surface area contributed by atoms with Crippen LogP contribution in [0.4, 0.5) is 5.69 Å². The van der Waals surface area contributed by atoms with Crippen molar-refractivity contribution >= 4 is 26.7 Å². The molecule has 0 aliphatic rings. The molecule has 0 unspecified atom stereocenters. The predicted octanol–water partition coefficient (Wildman–Crippen LogP) is 3.75. The van der Waals surface area contributed by atoms with E-state index >= 15 is 0 Å². The fourth-order valence-corrected chi connectivity index (χ4v) is 4.82. The second-order valence-corrected chi connectivity index (χ2v) is 8.81. The molecule has 3 aromatic rings. The third-order valence-electron chi connectivity index (χ3n) is 5.06. The van der Waals surface area contributed by atoms with E-state index in [2.05, 4.69) is 5.32 Å². The Hall–Kier alpha value is -2.84. The Balaban J connectivity index is 1.94. The summed E-state index contributed by atoms with van der Waals surface area (Å²) in [6, 6.07) is 11.8. The van der Waals surface area contributed by atoms with Gasteiger partial charge in [0.15, 0.2) is 0 Å². The van der Waals surface area contributed by atoms with E-state index in [1.807, 2.05) is 26.8 Å². The summed E-state index contributed by atoms with van der Waals surface area (Å²) < 4.78 is 37.6. The Morgan fingerprint density at radius 3 is 2.47 bits per heavy atom. The summed E-state index contributed by atoms with van der Waals surface area (Å²) in [4.78, 5) is 12.2. The van der Waals surface area contributed by atoms with E-state index < -0.39 is 15.6 Å². The van der Waals surface area contributed by atoms with Gasteiger partial charge in [-0.05, 0) is 42.3 Å². The van der Waals surface area contributed by atoms with Crippen molar-refractivity contribution < 1.29 is 17.6 Å². The highest BCUT2D eigenvalue weighted by Gasteiger charge is 2.22. The minimum absolute atomic E-state index is 0.237. The maximum absolute atomic E-state index is 12.8. The van der Waals surface area contributed by atoms with Crippen molar-refractivity contribution in [3.63, 3.8) is 0 Å². The molecule has 8 heteroatoms. The molecular weight excluding hydrogens is 404 g/mol. The minimum Gasteiger partial charge on any atom is -0.497 e. The quantitative estimate of drug-likeness (QED) is 0.548. The molecular formula is C22H26N2O5S. The number of hydrogen-bond acceptors (Lipinski definition) is 6. The van der Waals surface area contributed by atoms with Crippen LogP contribution in [0.3, 0.4) is 0 Å². The highest BCUT2D eigenvalue weighted by Crippen LogP contribution is 2.26. The summed E-state index contributed by atoms with van der Waals surface area (Å²) in [6.07, 6.45) is 0. The normalized spacial score (nSPS) is 11.8. The first kappa shape index (κ1) is 21.9. The van der Waals surface area contributed by atoms with E-state index in [0.29, 0.717) is 36.7 Å². The molecule has 0 aliphatic heterocycles. The molecule has 160 valence electrons. The first-order valence-corrected chi connectivity index (χ1v) is 11.2. The third-order valence-corrected chi connectivity index (χ3v) is 7.10. The molecule has 0 aliphatic carbocycles. The number of ether oxygens (including phenoxy) is 1. The Kier molecular flexibility index (Phi) is 6.48. The summed E-state index contributed by atoms with van der Waals surface area (Å²) >= 11 is 0. The van der Waals surface area contributed by atoms with Crippen molar-refractivity contribution in [2.45, 2.75) is 32.2 Å². The molecule has 0 saturated carbocycles. The minimum atomic E-state index is -3.56. The van der Waals surface area contributed by atoms with Gasteiger partial charge < -0.3 is 14.5 Å². The lowest BCUT2D eigenvalue weighted by Crippen LogP contribution is -2.30. The number of fused-ring (bicyclic) bond motifs is 1. The zero-order valence-electron chi connectivity index (χ0n) is 17.6. The summed E-state index contributed by atoms with van der Waals surface area (Å²) in [6.45, 7) is 6.68. The first-order valence-electron chi connectivity index (χ1n) is 9.75. The Bertz CT molecular complexity index is 1210. The number of nitrogens with one attached hydrogen (secondary N) is 1. The van der Waals surface area contributed by atoms with E-state index in [-0.39, 0.29) is 4.90 Å². The van der Waals surface area contributed by atoms with Gasteiger partial charge in [-0.15, -0.1) is 0 Å². The molecule has 1 N–H and O–H groups in total. The second kappa shape index (κ2) is 8.89. The molecule has 3 rings (SSSR count). The second-order valence-electron chi connectivity index (χ2n) is 6.87. The number of sulfonamides is 1. The summed E-state index contributed by atoms with van der Waals surface area (Å²) in [5, 5.41) is 4.05. The van der Waals surface area contributed by atoms with Crippen LogP contribution in [-0.4, -0.2) is 32.9 Å². The zero-order valence-corrected chi connectivity index (χ0v) is 18.4. The third kappa shape index (κ3) is 4.34. The van der Waals surface area contributed by atoms with Gasteiger partial charge in [0.1, 0.15) is 11.3 Å². The van der Waals surface area contributed by atoms with Crippen molar-refractivity contribution in [1.82, 2.24) is 4.31 Å². The Morgan fingerprint density at radius 2 is 1.80 bits per heavy atom. The Labute approximate surface area is 176 Å². The van der Waals surface area contributed by atoms with Gasteiger partial charge in [0.05, 0.1) is 12.0 Å². The molecule has 7 nitrogen and oxygen atoms in total. The van der Waals surface area contributed by atoms with Gasteiger partial charge in [0.25, 0.3) is 0 Å². The van der Waals surface area contributed by atoms with Crippen LogP contribution < -0.4 is 15.7 Å². The molecule has 0 bridgehead atoms. The lowest BCUT2D eigenvalue weighted by atomic mass is 10.1. The van der Waals surface area contributed by atoms with Crippen LogP contribution in [0.25, 0.3) is 11.0 Å². The predicted molar refractivity (Wildman–Crippen MR) is 118 cm³/mol. The van der Waals surface area contributed by atoms with E-state index in [4.69, 9.17) is 9.15 Å².